The number of hydrazone groups is 2. The fourth-order valence-electron chi connectivity index (χ4n) is 4.64. The molecule has 0 radical (unpaired) electrons. The standard InChI is InChI=1S/C32H32N6O6S2/c1-19(39)33-31-35-37(21(3)41)29(45-31)23-11-7-13-27(15-23)43-17-25-9-5-6-10-26(25)18-44-28-14-8-12-24(16-28)30-38(22(4)42)36-32(46-30)34-20(2)40/h5-16,29-30H,17-18H2,1-4H3,(H,33,35,39)(H,34,36,40). The molecule has 0 spiro atoms. The van der Waals surface area contributed by atoms with E-state index in [-0.39, 0.29) is 36.8 Å². The summed E-state index contributed by atoms with van der Waals surface area (Å²) in [5.74, 6) is 0.213. The van der Waals surface area contributed by atoms with Gasteiger partial charge in [0.25, 0.3) is 0 Å². The number of ether oxygens (including phenoxy) is 2. The maximum Gasteiger partial charge on any atom is 0.241 e. The summed E-state index contributed by atoms with van der Waals surface area (Å²) in [5, 5.41) is 16.3. The molecule has 46 heavy (non-hydrogen) atoms. The van der Waals surface area contributed by atoms with Crippen LogP contribution in [0.25, 0.3) is 0 Å². The molecule has 238 valence electrons. The predicted octanol–water partition coefficient (Wildman–Crippen LogP) is 4.85. The highest BCUT2D eigenvalue weighted by atomic mass is 32.2. The Balaban J connectivity index is 1.24. The minimum Gasteiger partial charge on any atom is -0.489 e. The lowest BCUT2D eigenvalue weighted by Crippen LogP contribution is -2.25. The van der Waals surface area contributed by atoms with Crippen molar-refractivity contribution >= 4 is 57.5 Å². The van der Waals surface area contributed by atoms with E-state index in [2.05, 4.69) is 20.8 Å². The SMILES string of the molecule is CC(=O)NC1=NN(C(C)=O)C(c2cccc(OCc3ccccc3COc3cccc(C4SC(NC(C)=O)=NN4C(C)=O)c3)c2)S1. The number of rotatable bonds is 8. The van der Waals surface area contributed by atoms with Crippen molar-refractivity contribution in [1.29, 1.82) is 0 Å². The predicted molar refractivity (Wildman–Crippen MR) is 176 cm³/mol. The molecule has 2 aliphatic heterocycles. The van der Waals surface area contributed by atoms with Crippen LogP contribution >= 0.6 is 23.5 Å². The second kappa shape index (κ2) is 14.5. The van der Waals surface area contributed by atoms with Crippen LogP contribution < -0.4 is 20.1 Å². The molecule has 2 heterocycles. The van der Waals surface area contributed by atoms with Crippen LogP contribution in [0.5, 0.6) is 11.5 Å². The van der Waals surface area contributed by atoms with Gasteiger partial charge >= 0.3 is 0 Å². The number of carbonyl (C=O) groups is 4. The van der Waals surface area contributed by atoms with Crippen LogP contribution in [0, 0.1) is 0 Å². The van der Waals surface area contributed by atoms with Crippen LogP contribution in [0.3, 0.4) is 0 Å². The lowest BCUT2D eigenvalue weighted by molar-refractivity contribution is -0.130. The van der Waals surface area contributed by atoms with E-state index in [0.29, 0.717) is 21.8 Å². The van der Waals surface area contributed by atoms with Crippen molar-refractivity contribution in [2.24, 2.45) is 10.2 Å². The number of thioether (sulfide) groups is 2. The fourth-order valence-corrected chi connectivity index (χ4v) is 6.89. The molecule has 14 heteroatoms. The van der Waals surface area contributed by atoms with E-state index in [1.807, 2.05) is 72.8 Å². The molecule has 2 aliphatic rings. The van der Waals surface area contributed by atoms with E-state index < -0.39 is 10.7 Å². The number of nitrogens with zero attached hydrogens (tertiary/aromatic N) is 4. The molecular formula is C32H32N6O6S2. The van der Waals surface area contributed by atoms with Gasteiger partial charge in [-0.2, -0.15) is 0 Å². The molecule has 0 fully saturated rings. The first-order chi connectivity index (χ1) is 22.1. The van der Waals surface area contributed by atoms with E-state index >= 15 is 0 Å². The van der Waals surface area contributed by atoms with Crippen LogP contribution in [-0.2, 0) is 32.4 Å². The molecule has 3 aromatic carbocycles. The first-order valence-corrected chi connectivity index (χ1v) is 16.0. The summed E-state index contributed by atoms with van der Waals surface area (Å²) < 4.78 is 12.3. The number of benzene rings is 3. The van der Waals surface area contributed by atoms with Gasteiger partial charge in [-0.1, -0.05) is 72.1 Å². The van der Waals surface area contributed by atoms with E-state index in [9.17, 15) is 19.2 Å². The van der Waals surface area contributed by atoms with Crippen LogP contribution in [0.2, 0.25) is 0 Å². The van der Waals surface area contributed by atoms with E-state index in [1.54, 1.807) is 0 Å². The van der Waals surface area contributed by atoms with Crippen molar-refractivity contribution in [2.75, 3.05) is 0 Å². The largest absolute Gasteiger partial charge is 0.489 e. The first-order valence-electron chi connectivity index (χ1n) is 14.2. The minimum absolute atomic E-state index is 0.245. The Morgan fingerprint density at radius 3 is 1.43 bits per heavy atom. The van der Waals surface area contributed by atoms with Gasteiger partial charge in [-0.05, 0) is 46.5 Å². The Morgan fingerprint density at radius 2 is 1.07 bits per heavy atom. The molecule has 0 saturated heterocycles. The molecule has 2 unspecified atom stereocenters. The van der Waals surface area contributed by atoms with Crippen LogP contribution in [-0.4, -0.2) is 44.0 Å². The average molecular weight is 661 g/mol. The zero-order valence-electron chi connectivity index (χ0n) is 25.6. The zero-order valence-corrected chi connectivity index (χ0v) is 27.2. The number of nitrogens with one attached hydrogen (secondary N) is 2. The van der Waals surface area contributed by atoms with Gasteiger partial charge in [-0.15, -0.1) is 10.2 Å². The number of amides is 4. The zero-order chi connectivity index (χ0) is 32.8. The number of carbonyl (C=O) groups excluding carboxylic acids is 4. The molecule has 2 N–H and O–H groups in total. The summed E-state index contributed by atoms with van der Waals surface area (Å²) in [6.45, 7) is 6.19. The number of hydrogen-bond acceptors (Lipinski definition) is 10. The van der Waals surface area contributed by atoms with E-state index in [0.717, 1.165) is 22.3 Å². The van der Waals surface area contributed by atoms with Crippen molar-refractivity contribution < 1.29 is 28.7 Å². The topological polar surface area (TPSA) is 142 Å². The lowest BCUT2D eigenvalue weighted by atomic mass is 10.1. The van der Waals surface area contributed by atoms with Crippen molar-refractivity contribution in [3.05, 3.63) is 95.1 Å². The molecule has 12 nitrogen and oxygen atoms in total. The first kappa shape index (κ1) is 32.6. The van der Waals surface area contributed by atoms with Crippen molar-refractivity contribution in [3.63, 3.8) is 0 Å². The smallest absolute Gasteiger partial charge is 0.241 e. The van der Waals surface area contributed by atoms with Gasteiger partial charge in [0.1, 0.15) is 35.5 Å². The lowest BCUT2D eigenvalue weighted by Gasteiger charge is -2.20. The van der Waals surface area contributed by atoms with Gasteiger partial charge < -0.3 is 20.1 Å². The molecule has 0 bridgehead atoms. The molecule has 4 amide bonds. The van der Waals surface area contributed by atoms with Crippen molar-refractivity contribution in [1.82, 2.24) is 20.7 Å². The molecule has 3 aromatic rings. The third kappa shape index (κ3) is 8.06. The van der Waals surface area contributed by atoms with Gasteiger partial charge in [0.15, 0.2) is 10.3 Å². The molecule has 0 aliphatic carbocycles. The van der Waals surface area contributed by atoms with Gasteiger partial charge in [0.05, 0.1) is 0 Å². The molecule has 5 rings (SSSR count). The molecular weight excluding hydrogens is 629 g/mol. The molecule has 0 aromatic heterocycles. The summed E-state index contributed by atoms with van der Waals surface area (Å²) in [7, 11) is 0. The third-order valence-electron chi connectivity index (χ3n) is 6.69. The van der Waals surface area contributed by atoms with Gasteiger partial charge in [0.2, 0.25) is 23.6 Å². The highest BCUT2D eigenvalue weighted by Crippen LogP contribution is 2.41. The Kier molecular flexibility index (Phi) is 10.3. The van der Waals surface area contributed by atoms with Crippen molar-refractivity contribution in [2.45, 2.75) is 51.7 Å². The van der Waals surface area contributed by atoms with Crippen LogP contribution in [0.1, 0.15) is 60.7 Å². The van der Waals surface area contributed by atoms with E-state index in [4.69, 9.17) is 9.47 Å². The summed E-state index contributed by atoms with van der Waals surface area (Å²) in [4.78, 5) is 47.5. The Labute approximate surface area is 274 Å². The summed E-state index contributed by atoms with van der Waals surface area (Å²) in [5.41, 5.74) is 3.47. The van der Waals surface area contributed by atoms with Gasteiger partial charge in [-0.3, -0.25) is 19.2 Å². The summed E-state index contributed by atoms with van der Waals surface area (Å²) in [6.07, 6.45) is 0. The Hall–Kier alpha value is -4.82. The molecule has 0 saturated carbocycles. The van der Waals surface area contributed by atoms with Gasteiger partial charge in [0, 0.05) is 27.7 Å². The quantitative estimate of drug-likeness (QED) is 0.350. The third-order valence-corrected chi connectivity index (χ3v) is 8.90. The normalized spacial score (nSPS) is 17.2. The van der Waals surface area contributed by atoms with Gasteiger partial charge in [-0.25, -0.2) is 10.0 Å². The maximum atomic E-state index is 12.2. The fraction of sp³-hybridized carbons (Fsp3) is 0.250. The highest BCUT2D eigenvalue weighted by molar-refractivity contribution is 8.14. The number of hydrogen-bond donors (Lipinski definition) is 2. The Bertz CT molecular complexity index is 1610. The minimum atomic E-state index is -0.437. The maximum absolute atomic E-state index is 12.2. The Morgan fingerprint density at radius 1 is 0.652 bits per heavy atom. The van der Waals surface area contributed by atoms with E-state index in [1.165, 1.54) is 61.2 Å². The second-order valence-corrected chi connectivity index (χ2v) is 12.5. The van der Waals surface area contributed by atoms with Crippen LogP contribution in [0.4, 0.5) is 0 Å². The number of amidine groups is 2. The molecule has 2 atom stereocenters. The average Bonchev–Trinajstić information content (AvgIpc) is 3.64. The van der Waals surface area contributed by atoms with Crippen LogP contribution in [0.15, 0.2) is 83.0 Å². The highest BCUT2D eigenvalue weighted by Gasteiger charge is 2.33. The monoisotopic (exact) mass is 660 g/mol. The van der Waals surface area contributed by atoms with Crippen molar-refractivity contribution in [3.8, 4) is 11.5 Å². The summed E-state index contributed by atoms with van der Waals surface area (Å²) >= 11 is 2.56. The second-order valence-electron chi connectivity index (χ2n) is 10.3. The summed E-state index contributed by atoms with van der Waals surface area (Å²) in [6, 6.07) is 22.7.